The summed E-state index contributed by atoms with van der Waals surface area (Å²) in [4.78, 5) is 0. The summed E-state index contributed by atoms with van der Waals surface area (Å²) in [6.07, 6.45) is 10.3. The van der Waals surface area contributed by atoms with E-state index in [4.69, 9.17) is 0 Å². The molecule has 1 nitrogen and oxygen atoms in total. The van der Waals surface area contributed by atoms with Crippen molar-refractivity contribution in [3.63, 3.8) is 0 Å². The van der Waals surface area contributed by atoms with Crippen molar-refractivity contribution in [2.45, 2.75) is 44.9 Å². The molecule has 0 radical (unpaired) electrons. The second-order valence-electron chi connectivity index (χ2n) is 3.75. The van der Waals surface area contributed by atoms with Gasteiger partial charge in [-0.1, -0.05) is 38.5 Å². The van der Waals surface area contributed by atoms with E-state index in [2.05, 4.69) is 5.32 Å². The van der Waals surface area contributed by atoms with Crippen molar-refractivity contribution in [3.05, 3.63) is 0 Å². The van der Waals surface area contributed by atoms with Gasteiger partial charge >= 0.3 is 0 Å². The number of unbranched alkanes of at least 4 members (excludes halogenated alkanes) is 1. The Morgan fingerprint density at radius 1 is 1.18 bits per heavy atom. The van der Waals surface area contributed by atoms with E-state index >= 15 is 0 Å². The van der Waals surface area contributed by atoms with E-state index in [0.29, 0.717) is 0 Å². The Bertz CT molecular complexity index is 84.9. The average molecular weight is 155 g/mol. The van der Waals surface area contributed by atoms with Gasteiger partial charge in [0.25, 0.3) is 0 Å². The van der Waals surface area contributed by atoms with Gasteiger partial charge in [-0.05, 0) is 25.9 Å². The normalized spacial score (nSPS) is 19.4. The molecule has 1 saturated carbocycles. The van der Waals surface area contributed by atoms with Crippen molar-refractivity contribution in [2.24, 2.45) is 5.92 Å². The zero-order valence-electron chi connectivity index (χ0n) is 7.73. The Kier molecular flexibility index (Phi) is 4.60. The van der Waals surface area contributed by atoms with Gasteiger partial charge in [-0.2, -0.15) is 0 Å². The molecule has 1 rings (SSSR count). The predicted octanol–water partition coefficient (Wildman–Crippen LogP) is 2.57. The van der Waals surface area contributed by atoms with E-state index in [1.54, 1.807) is 0 Å². The minimum Gasteiger partial charge on any atom is -0.320 e. The van der Waals surface area contributed by atoms with Crippen LogP contribution in [-0.4, -0.2) is 13.6 Å². The summed E-state index contributed by atoms with van der Waals surface area (Å²) in [6, 6.07) is 0. The van der Waals surface area contributed by atoms with Crippen LogP contribution in [0.3, 0.4) is 0 Å². The maximum atomic E-state index is 3.19. The molecule has 11 heavy (non-hydrogen) atoms. The van der Waals surface area contributed by atoms with Gasteiger partial charge in [0.05, 0.1) is 0 Å². The van der Waals surface area contributed by atoms with Crippen LogP contribution < -0.4 is 5.32 Å². The summed E-state index contributed by atoms with van der Waals surface area (Å²) in [6.45, 7) is 1.20. The van der Waals surface area contributed by atoms with Crippen molar-refractivity contribution in [3.8, 4) is 0 Å². The number of hydrogen-bond donors (Lipinski definition) is 1. The van der Waals surface area contributed by atoms with Gasteiger partial charge < -0.3 is 5.32 Å². The lowest BCUT2D eigenvalue weighted by Crippen LogP contribution is -2.07. The fourth-order valence-corrected chi connectivity index (χ4v) is 2.03. The maximum absolute atomic E-state index is 3.19. The number of nitrogens with one attached hydrogen (secondary N) is 1. The molecule has 0 amide bonds. The Balaban J connectivity index is 1.86. The molecule has 1 aliphatic carbocycles. The van der Waals surface area contributed by atoms with E-state index in [9.17, 15) is 0 Å². The van der Waals surface area contributed by atoms with E-state index < -0.39 is 0 Å². The van der Waals surface area contributed by atoms with Gasteiger partial charge in [-0.15, -0.1) is 0 Å². The first kappa shape index (κ1) is 9.05. The molecule has 0 aromatic rings. The highest BCUT2D eigenvalue weighted by Crippen LogP contribution is 2.28. The zero-order chi connectivity index (χ0) is 7.94. The Hall–Kier alpha value is -0.0400. The molecule has 0 aromatic carbocycles. The third-order valence-corrected chi connectivity index (χ3v) is 2.76. The van der Waals surface area contributed by atoms with Crippen LogP contribution in [0.15, 0.2) is 0 Å². The van der Waals surface area contributed by atoms with Crippen LogP contribution >= 0.6 is 0 Å². The molecule has 0 spiro atoms. The van der Waals surface area contributed by atoms with Crippen LogP contribution in [-0.2, 0) is 0 Å². The lowest BCUT2D eigenvalue weighted by atomic mass is 10.0. The first-order chi connectivity index (χ1) is 5.43. The van der Waals surface area contributed by atoms with Crippen LogP contribution in [0.25, 0.3) is 0 Å². The highest BCUT2D eigenvalue weighted by molar-refractivity contribution is 4.66. The molecule has 1 fully saturated rings. The third-order valence-electron chi connectivity index (χ3n) is 2.76. The van der Waals surface area contributed by atoms with E-state index in [-0.39, 0.29) is 0 Å². The maximum Gasteiger partial charge on any atom is -0.00519 e. The number of rotatable bonds is 5. The second kappa shape index (κ2) is 5.59. The molecule has 0 atom stereocenters. The molecule has 0 unspecified atom stereocenters. The Morgan fingerprint density at radius 3 is 2.55 bits per heavy atom. The van der Waals surface area contributed by atoms with Gasteiger partial charge in [0.15, 0.2) is 0 Å². The van der Waals surface area contributed by atoms with Crippen molar-refractivity contribution >= 4 is 0 Å². The van der Waals surface area contributed by atoms with E-state index in [1.165, 1.54) is 51.5 Å². The monoisotopic (exact) mass is 155 g/mol. The average Bonchev–Trinajstić information content (AvgIpc) is 2.50. The smallest absolute Gasteiger partial charge is 0.00519 e. The zero-order valence-corrected chi connectivity index (χ0v) is 7.73. The van der Waals surface area contributed by atoms with Crippen molar-refractivity contribution < 1.29 is 0 Å². The van der Waals surface area contributed by atoms with Crippen molar-refractivity contribution in [2.75, 3.05) is 13.6 Å². The second-order valence-corrected chi connectivity index (χ2v) is 3.75. The molecule has 1 heteroatoms. The molecule has 0 heterocycles. The molecule has 1 aliphatic rings. The van der Waals surface area contributed by atoms with Gasteiger partial charge in [-0.25, -0.2) is 0 Å². The third kappa shape index (κ3) is 3.76. The molecular weight excluding hydrogens is 134 g/mol. The Morgan fingerprint density at radius 2 is 1.91 bits per heavy atom. The summed E-state index contributed by atoms with van der Waals surface area (Å²) in [5, 5.41) is 3.19. The Labute approximate surface area is 70.6 Å². The van der Waals surface area contributed by atoms with Gasteiger partial charge in [-0.3, -0.25) is 0 Å². The minimum atomic E-state index is 1.09. The molecule has 0 bridgehead atoms. The van der Waals surface area contributed by atoms with Gasteiger partial charge in [0, 0.05) is 0 Å². The molecule has 1 N–H and O–H groups in total. The number of hydrogen-bond acceptors (Lipinski definition) is 1. The summed E-state index contributed by atoms with van der Waals surface area (Å²) in [7, 11) is 2.04. The predicted molar refractivity (Wildman–Crippen MR) is 49.7 cm³/mol. The van der Waals surface area contributed by atoms with Crippen molar-refractivity contribution in [1.29, 1.82) is 0 Å². The van der Waals surface area contributed by atoms with E-state index in [1.807, 2.05) is 7.05 Å². The lowest BCUT2D eigenvalue weighted by Gasteiger charge is -2.07. The highest BCUT2D eigenvalue weighted by atomic mass is 14.8. The summed E-state index contributed by atoms with van der Waals surface area (Å²) >= 11 is 0. The van der Waals surface area contributed by atoms with Crippen LogP contribution in [0.5, 0.6) is 0 Å². The fourth-order valence-electron chi connectivity index (χ4n) is 2.03. The molecule has 66 valence electrons. The quantitative estimate of drug-likeness (QED) is 0.602. The van der Waals surface area contributed by atoms with Crippen LogP contribution in [0.1, 0.15) is 44.9 Å². The standard InChI is InChI=1S/C10H21N/c1-11-9-5-4-8-10-6-2-3-7-10/h10-11H,2-9H2,1H3. The summed E-state index contributed by atoms with van der Waals surface area (Å²) in [5.74, 6) is 1.09. The largest absolute Gasteiger partial charge is 0.320 e. The molecular formula is C10H21N. The minimum absolute atomic E-state index is 1.09. The first-order valence-electron chi connectivity index (χ1n) is 5.08. The molecule has 0 aromatic heterocycles. The fraction of sp³-hybridized carbons (Fsp3) is 1.00. The first-order valence-corrected chi connectivity index (χ1v) is 5.08. The van der Waals surface area contributed by atoms with Crippen molar-refractivity contribution in [1.82, 2.24) is 5.32 Å². The molecule has 0 saturated heterocycles. The van der Waals surface area contributed by atoms with Gasteiger partial charge in [0.2, 0.25) is 0 Å². The van der Waals surface area contributed by atoms with Crippen LogP contribution in [0.4, 0.5) is 0 Å². The SMILES string of the molecule is CNCCCCC1CCCC1. The van der Waals surface area contributed by atoms with Crippen LogP contribution in [0.2, 0.25) is 0 Å². The highest BCUT2D eigenvalue weighted by Gasteiger charge is 2.13. The summed E-state index contributed by atoms with van der Waals surface area (Å²) < 4.78 is 0. The topological polar surface area (TPSA) is 12.0 Å². The van der Waals surface area contributed by atoms with Gasteiger partial charge in [0.1, 0.15) is 0 Å². The molecule has 0 aliphatic heterocycles. The summed E-state index contributed by atoms with van der Waals surface area (Å²) in [5.41, 5.74) is 0. The van der Waals surface area contributed by atoms with E-state index in [0.717, 1.165) is 5.92 Å². The lowest BCUT2D eigenvalue weighted by molar-refractivity contribution is 0.470. The van der Waals surface area contributed by atoms with Crippen LogP contribution in [0, 0.1) is 5.92 Å².